The van der Waals surface area contributed by atoms with E-state index in [1.165, 1.54) is 71.1 Å². The number of hydrogen-bond acceptors (Lipinski definition) is 4. The molecule has 0 spiro atoms. The van der Waals surface area contributed by atoms with Crippen LogP contribution in [-0.4, -0.2) is 4.40 Å². The number of aromatic nitrogens is 1. The molecule has 2 heterocycles. The number of fused-ring (bicyclic) bond motifs is 8. The number of nitriles is 2. The molecule has 0 saturated heterocycles. The summed E-state index contributed by atoms with van der Waals surface area (Å²) < 4.78 is 2.47. The molecule has 0 aliphatic rings. The Morgan fingerprint density at radius 1 is 0.530 bits per heavy atom. The van der Waals surface area contributed by atoms with Crippen molar-refractivity contribution in [2.24, 2.45) is 0 Å². The predicted molar refractivity (Wildman–Crippen MR) is 361 cm³/mol. The molecule has 0 aliphatic heterocycles. The third-order valence-electron chi connectivity index (χ3n) is 15.0. The van der Waals surface area contributed by atoms with Crippen LogP contribution in [0.3, 0.4) is 0 Å². The molecule has 0 atom stereocenters. The largest absolute Gasteiger partial charge is 0.310 e. The summed E-state index contributed by atoms with van der Waals surface area (Å²) in [5, 5.41) is 28.8. The summed E-state index contributed by atoms with van der Waals surface area (Å²) in [5.41, 5.74) is 16.3. The molecule has 9 aromatic carbocycles. The summed E-state index contributed by atoms with van der Waals surface area (Å²) in [5.74, 6) is 0.864. The standard InChI is InChI=1S/C58H43N5.C13H20.C5H8.C2H6/c1-36(2)40-12-22-48(23-13-40)61(46-18-8-38(34-59)9-19-46)50-26-16-42-30-54-52-6-5-7-53-55-31-43-17-27-51(29-45(43)33-57(55)63(58(52)53)56(54)32-44(42)28-50)62(47-20-10-39(35-60)11-21-47)49-24-14-41(15-25-49)37(3)4;1-5-7-9-13(4)11-10-12(3)8-6-2;1-3-5-4-2;1-2/h5-33,36-37H,1-4H3;6-9,11H,2,5,10H2,1,3-4H3;3-5H,1H2,2H3;1-2H3/b;9-7-,12-8+,13-11+;5-4-;. The molecule has 0 fully saturated rings. The quantitative estimate of drug-likeness (QED) is 0.102. The van der Waals surface area contributed by atoms with Gasteiger partial charge in [0, 0.05) is 55.7 Å². The molecule has 0 saturated carbocycles. The number of hydrogen-bond donors (Lipinski definition) is 0. The predicted octanol–water partition coefficient (Wildman–Crippen LogP) is 23.3. The number of rotatable bonds is 14. The molecule has 414 valence electrons. The van der Waals surface area contributed by atoms with Gasteiger partial charge in [0.2, 0.25) is 0 Å². The van der Waals surface area contributed by atoms with E-state index in [2.05, 4.69) is 234 Å². The molecule has 11 aromatic rings. The van der Waals surface area contributed by atoms with Crippen LogP contribution >= 0.6 is 0 Å². The lowest BCUT2D eigenvalue weighted by Gasteiger charge is -2.26. The number of allylic oxidation sites excluding steroid dienone is 10. The van der Waals surface area contributed by atoms with Crippen molar-refractivity contribution in [3.05, 3.63) is 271 Å². The summed E-state index contributed by atoms with van der Waals surface area (Å²) in [6, 6.07) is 67.5. The van der Waals surface area contributed by atoms with E-state index in [0.717, 1.165) is 57.7 Å². The van der Waals surface area contributed by atoms with Crippen LogP contribution in [0.4, 0.5) is 34.1 Å². The van der Waals surface area contributed by atoms with Crippen molar-refractivity contribution < 1.29 is 0 Å². The van der Waals surface area contributed by atoms with Gasteiger partial charge in [-0.3, -0.25) is 0 Å². The SMILES string of the molecule is C=C/C=C(\C)C/C=C(C)/C=C\CC.C=C/C=C\C.CC.CC(C)c1ccc(N(c2ccc(C#N)cc2)c2ccc3cc4c5cccc6c7cc8ccc(N(c9ccc(C#N)cc9)c9ccc(C(C)C)cc9)cc8cc7n(c4cc3c2)c56)cc1. The van der Waals surface area contributed by atoms with Crippen molar-refractivity contribution in [3.8, 4) is 12.1 Å². The summed E-state index contributed by atoms with van der Waals surface area (Å²) in [6.45, 7) is 28.4. The fourth-order valence-corrected chi connectivity index (χ4v) is 10.6. The minimum Gasteiger partial charge on any atom is -0.310 e. The average molecular weight is 1080 g/mol. The van der Waals surface area contributed by atoms with Crippen LogP contribution in [0.1, 0.15) is 116 Å². The van der Waals surface area contributed by atoms with Crippen LogP contribution in [-0.2, 0) is 0 Å². The Morgan fingerprint density at radius 2 is 0.952 bits per heavy atom. The summed E-state index contributed by atoms with van der Waals surface area (Å²) >= 11 is 0. The van der Waals surface area contributed by atoms with Gasteiger partial charge in [-0.2, -0.15) is 10.5 Å². The molecular weight excluding hydrogens is 1010 g/mol. The molecule has 0 radical (unpaired) electrons. The van der Waals surface area contributed by atoms with Crippen LogP contribution < -0.4 is 9.80 Å². The van der Waals surface area contributed by atoms with E-state index < -0.39 is 0 Å². The molecule has 0 N–H and O–H groups in total. The lowest BCUT2D eigenvalue weighted by Crippen LogP contribution is -2.10. The molecule has 5 heteroatoms. The van der Waals surface area contributed by atoms with Gasteiger partial charge in [0.05, 0.1) is 39.8 Å². The van der Waals surface area contributed by atoms with Crippen molar-refractivity contribution in [1.29, 1.82) is 10.5 Å². The first kappa shape index (κ1) is 59.4. The third kappa shape index (κ3) is 13.2. The van der Waals surface area contributed by atoms with E-state index in [0.29, 0.717) is 23.0 Å². The monoisotopic (exact) mass is 1080 g/mol. The minimum absolute atomic E-state index is 0.432. The van der Waals surface area contributed by atoms with Crippen LogP contribution in [0.5, 0.6) is 0 Å². The van der Waals surface area contributed by atoms with E-state index >= 15 is 0 Å². The van der Waals surface area contributed by atoms with Gasteiger partial charge in [-0.15, -0.1) is 0 Å². The Balaban J connectivity index is 0.000000389. The van der Waals surface area contributed by atoms with Gasteiger partial charge in [0.1, 0.15) is 0 Å². The molecule has 11 rings (SSSR count). The fraction of sp³-hybridized carbons (Fsp3) is 0.179. The maximum Gasteiger partial charge on any atom is 0.0991 e. The van der Waals surface area contributed by atoms with Gasteiger partial charge in [0.15, 0.2) is 0 Å². The highest BCUT2D eigenvalue weighted by molar-refractivity contribution is 6.26. The Morgan fingerprint density at radius 3 is 1.31 bits per heavy atom. The molecule has 0 aliphatic carbocycles. The van der Waals surface area contributed by atoms with Crippen molar-refractivity contribution in [1.82, 2.24) is 4.40 Å². The Kier molecular flexibility index (Phi) is 19.8. The first-order valence-corrected chi connectivity index (χ1v) is 29.1. The molecule has 2 aromatic heterocycles. The average Bonchev–Trinajstić information content (AvgIpc) is 1.95. The van der Waals surface area contributed by atoms with Crippen LogP contribution in [0.2, 0.25) is 0 Å². The maximum atomic E-state index is 9.58. The summed E-state index contributed by atoms with van der Waals surface area (Å²) in [4.78, 5) is 4.55. The van der Waals surface area contributed by atoms with Gasteiger partial charge in [-0.05, 0) is 199 Å². The topological polar surface area (TPSA) is 58.5 Å². The zero-order chi connectivity index (χ0) is 59.2. The maximum absolute atomic E-state index is 9.58. The first-order chi connectivity index (χ1) is 40.4. The van der Waals surface area contributed by atoms with Gasteiger partial charge in [-0.25, -0.2) is 0 Å². The van der Waals surface area contributed by atoms with Crippen molar-refractivity contribution in [2.75, 3.05) is 9.80 Å². The molecule has 5 nitrogen and oxygen atoms in total. The fourth-order valence-electron chi connectivity index (χ4n) is 10.6. The van der Waals surface area contributed by atoms with Crippen LogP contribution in [0, 0.1) is 22.7 Å². The van der Waals surface area contributed by atoms with Gasteiger partial charge < -0.3 is 14.2 Å². The molecule has 0 unspecified atom stereocenters. The van der Waals surface area contributed by atoms with E-state index in [1.54, 1.807) is 6.08 Å². The molecule has 0 bridgehead atoms. The Labute approximate surface area is 493 Å². The zero-order valence-corrected chi connectivity index (χ0v) is 50.1. The van der Waals surface area contributed by atoms with E-state index in [9.17, 15) is 10.5 Å². The van der Waals surface area contributed by atoms with E-state index in [1.807, 2.05) is 93.6 Å². The zero-order valence-electron chi connectivity index (χ0n) is 50.1. The van der Waals surface area contributed by atoms with Crippen molar-refractivity contribution >= 4 is 93.8 Å². The van der Waals surface area contributed by atoms with E-state index in [-0.39, 0.29) is 0 Å². The first-order valence-electron chi connectivity index (χ1n) is 29.1. The van der Waals surface area contributed by atoms with Gasteiger partial charge in [0.25, 0.3) is 0 Å². The Hall–Kier alpha value is -9.68. The second-order valence-electron chi connectivity index (χ2n) is 21.3. The van der Waals surface area contributed by atoms with Gasteiger partial charge >= 0.3 is 0 Å². The van der Waals surface area contributed by atoms with Gasteiger partial charge in [-0.1, -0.05) is 176 Å². The molecule has 83 heavy (non-hydrogen) atoms. The Bertz CT molecular complexity index is 4010. The number of anilines is 6. The van der Waals surface area contributed by atoms with Crippen molar-refractivity contribution in [3.63, 3.8) is 0 Å². The third-order valence-corrected chi connectivity index (χ3v) is 15.0. The van der Waals surface area contributed by atoms with Crippen molar-refractivity contribution in [2.45, 2.75) is 93.9 Å². The lowest BCUT2D eigenvalue weighted by molar-refractivity contribution is 0.866. The number of para-hydroxylation sites is 1. The smallest absolute Gasteiger partial charge is 0.0991 e. The summed E-state index contributed by atoms with van der Waals surface area (Å²) in [6.07, 6.45) is 18.2. The highest BCUT2D eigenvalue weighted by Crippen LogP contribution is 2.44. The minimum atomic E-state index is 0.432. The lowest BCUT2D eigenvalue weighted by atomic mass is 10.0. The highest BCUT2D eigenvalue weighted by atomic mass is 15.1. The summed E-state index contributed by atoms with van der Waals surface area (Å²) in [7, 11) is 0. The second-order valence-corrected chi connectivity index (χ2v) is 21.3. The number of benzene rings is 9. The number of nitrogens with zero attached hydrogens (tertiary/aromatic N) is 5. The van der Waals surface area contributed by atoms with Crippen LogP contribution in [0.15, 0.2) is 249 Å². The molecule has 0 amide bonds. The highest BCUT2D eigenvalue weighted by Gasteiger charge is 2.21. The van der Waals surface area contributed by atoms with E-state index in [4.69, 9.17) is 0 Å². The normalized spacial score (nSPS) is 11.7. The second kappa shape index (κ2) is 27.7. The molecular formula is C78H77N5. The van der Waals surface area contributed by atoms with Crippen LogP contribution in [0.25, 0.3) is 59.6 Å².